The molecule has 1 aromatic heterocycles. The number of hydrogen-bond acceptors (Lipinski definition) is 4. The smallest absolute Gasteiger partial charge is 0.293 e. The number of aliphatic hydroxyl groups excluding tert-OH is 1. The summed E-state index contributed by atoms with van der Waals surface area (Å²) in [5.41, 5.74) is -0.393. The summed E-state index contributed by atoms with van der Waals surface area (Å²) in [7, 11) is 0. The van der Waals surface area contributed by atoms with E-state index in [1.807, 2.05) is 27.7 Å². The molecule has 0 radical (unpaired) electrons. The molecular weight excluding hydrogens is 230 g/mol. The Labute approximate surface area is 108 Å². The Bertz CT molecular complexity index is 435. The number of hydrogen-bond donors (Lipinski definition) is 2. The molecule has 0 saturated heterocycles. The van der Waals surface area contributed by atoms with E-state index in [1.165, 1.54) is 0 Å². The molecule has 5 heteroatoms. The fourth-order valence-corrected chi connectivity index (χ4v) is 1.62. The molecule has 5 nitrogen and oxygen atoms in total. The Morgan fingerprint density at radius 3 is 2.72 bits per heavy atom. The molecule has 0 spiro atoms. The highest BCUT2D eigenvalue weighted by molar-refractivity contribution is 5.30. The Morgan fingerprint density at radius 2 is 2.17 bits per heavy atom. The third-order valence-electron chi connectivity index (χ3n) is 2.80. The summed E-state index contributed by atoms with van der Waals surface area (Å²) in [6.45, 7) is 8.39. The van der Waals surface area contributed by atoms with E-state index >= 15 is 0 Å². The molecule has 0 amide bonds. The standard InChI is InChI=1S/C13H23N3O2/c1-5-10(17)6-7-14-11-12(18)16(9-8-15-11)13(2,3)4/h8-10,17H,5-7H2,1-4H3,(H,14,15). The van der Waals surface area contributed by atoms with Crippen LogP contribution in [0.4, 0.5) is 5.82 Å². The SMILES string of the molecule is CCC(O)CCNc1nccn(C(C)(C)C)c1=O. The molecule has 1 unspecified atom stereocenters. The van der Waals surface area contributed by atoms with Gasteiger partial charge in [-0.05, 0) is 33.6 Å². The highest BCUT2D eigenvalue weighted by Gasteiger charge is 2.16. The normalized spacial score (nSPS) is 13.4. The Kier molecular flexibility index (Phi) is 4.90. The quantitative estimate of drug-likeness (QED) is 0.836. The fraction of sp³-hybridized carbons (Fsp3) is 0.692. The third-order valence-corrected chi connectivity index (χ3v) is 2.80. The van der Waals surface area contributed by atoms with Crippen LogP contribution in [0, 0.1) is 0 Å². The van der Waals surface area contributed by atoms with Crippen molar-refractivity contribution in [2.75, 3.05) is 11.9 Å². The van der Waals surface area contributed by atoms with Gasteiger partial charge in [0.15, 0.2) is 5.82 Å². The van der Waals surface area contributed by atoms with Crippen molar-refractivity contribution in [3.63, 3.8) is 0 Å². The largest absolute Gasteiger partial charge is 0.393 e. The first kappa shape index (κ1) is 14.7. The number of nitrogens with one attached hydrogen (secondary N) is 1. The zero-order valence-electron chi connectivity index (χ0n) is 11.6. The molecule has 0 bridgehead atoms. The van der Waals surface area contributed by atoms with E-state index < -0.39 is 0 Å². The van der Waals surface area contributed by atoms with Crippen LogP contribution in [0.3, 0.4) is 0 Å². The molecule has 2 N–H and O–H groups in total. The number of aliphatic hydroxyl groups is 1. The van der Waals surface area contributed by atoms with Crippen LogP contribution in [0.25, 0.3) is 0 Å². The van der Waals surface area contributed by atoms with Crippen LogP contribution in [0.15, 0.2) is 17.2 Å². The van der Waals surface area contributed by atoms with Crippen molar-refractivity contribution in [3.8, 4) is 0 Å². The molecule has 102 valence electrons. The fourth-order valence-electron chi connectivity index (χ4n) is 1.62. The van der Waals surface area contributed by atoms with E-state index in [0.29, 0.717) is 18.8 Å². The molecular formula is C13H23N3O2. The molecule has 1 atom stereocenters. The molecule has 18 heavy (non-hydrogen) atoms. The average molecular weight is 253 g/mol. The molecule has 0 aliphatic heterocycles. The topological polar surface area (TPSA) is 67.2 Å². The summed E-state index contributed by atoms with van der Waals surface area (Å²) in [5, 5.41) is 12.4. The van der Waals surface area contributed by atoms with Crippen molar-refractivity contribution in [3.05, 3.63) is 22.7 Å². The maximum atomic E-state index is 12.1. The van der Waals surface area contributed by atoms with E-state index in [2.05, 4.69) is 10.3 Å². The number of anilines is 1. The van der Waals surface area contributed by atoms with Gasteiger partial charge in [-0.2, -0.15) is 0 Å². The third kappa shape index (κ3) is 3.84. The lowest BCUT2D eigenvalue weighted by Gasteiger charge is -2.22. The van der Waals surface area contributed by atoms with Crippen molar-refractivity contribution in [1.29, 1.82) is 0 Å². The van der Waals surface area contributed by atoms with Crippen molar-refractivity contribution in [2.24, 2.45) is 0 Å². The molecule has 0 aliphatic rings. The first-order chi connectivity index (χ1) is 8.36. The maximum absolute atomic E-state index is 12.1. The van der Waals surface area contributed by atoms with Gasteiger partial charge in [0.05, 0.1) is 6.10 Å². The first-order valence-corrected chi connectivity index (χ1v) is 6.36. The van der Waals surface area contributed by atoms with E-state index in [9.17, 15) is 9.90 Å². The molecule has 1 aromatic rings. The summed E-state index contributed by atoms with van der Waals surface area (Å²) in [6, 6.07) is 0. The highest BCUT2D eigenvalue weighted by Crippen LogP contribution is 2.10. The second kappa shape index (κ2) is 6.00. The van der Waals surface area contributed by atoms with Crippen molar-refractivity contribution in [2.45, 2.75) is 52.2 Å². The second-order valence-corrected chi connectivity index (χ2v) is 5.40. The van der Waals surface area contributed by atoms with Gasteiger partial charge in [-0.1, -0.05) is 6.92 Å². The van der Waals surface area contributed by atoms with Crippen LogP contribution in [0.2, 0.25) is 0 Å². The number of nitrogens with zero attached hydrogens (tertiary/aromatic N) is 2. The Hall–Kier alpha value is -1.36. The van der Waals surface area contributed by atoms with Gasteiger partial charge in [0, 0.05) is 24.5 Å². The molecule has 0 aromatic carbocycles. The summed E-state index contributed by atoms with van der Waals surface area (Å²) in [5.74, 6) is 0.343. The van der Waals surface area contributed by atoms with Gasteiger partial charge in [-0.25, -0.2) is 4.98 Å². The predicted molar refractivity (Wildman–Crippen MR) is 72.9 cm³/mol. The zero-order valence-corrected chi connectivity index (χ0v) is 11.6. The Morgan fingerprint density at radius 1 is 1.50 bits per heavy atom. The molecule has 0 saturated carbocycles. The minimum Gasteiger partial charge on any atom is -0.393 e. The maximum Gasteiger partial charge on any atom is 0.293 e. The number of aromatic nitrogens is 2. The van der Waals surface area contributed by atoms with Gasteiger partial charge in [-0.15, -0.1) is 0 Å². The first-order valence-electron chi connectivity index (χ1n) is 6.36. The van der Waals surface area contributed by atoms with E-state index in [0.717, 1.165) is 6.42 Å². The van der Waals surface area contributed by atoms with Gasteiger partial charge < -0.3 is 15.0 Å². The van der Waals surface area contributed by atoms with Crippen LogP contribution in [-0.4, -0.2) is 27.3 Å². The minimum atomic E-state index is -0.328. The van der Waals surface area contributed by atoms with Crippen molar-refractivity contribution < 1.29 is 5.11 Å². The van der Waals surface area contributed by atoms with Gasteiger partial charge >= 0.3 is 0 Å². The Balaban J connectivity index is 2.76. The van der Waals surface area contributed by atoms with E-state index in [1.54, 1.807) is 17.0 Å². The van der Waals surface area contributed by atoms with Crippen LogP contribution >= 0.6 is 0 Å². The van der Waals surface area contributed by atoms with Gasteiger partial charge in [-0.3, -0.25) is 4.79 Å². The van der Waals surface area contributed by atoms with Crippen LogP contribution in [-0.2, 0) is 5.54 Å². The molecule has 1 heterocycles. The lowest BCUT2D eigenvalue weighted by molar-refractivity contribution is 0.164. The molecule has 0 aliphatic carbocycles. The van der Waals surface area contributed by atoms with Gasteiger partial charge in [0.2, 0.25) is 0 Å². The lowest BCUT2D eigenvalue weighted by atomic mass is 10.1. The van der Waals surface area contributed by atoms with Crippen LogP contribution < -0.4 is 10.9 Å². The summed E-state index contributed by atoms with van der Waals surface area (Å²) >= 11 is 0. The summed E-state index contributed by atoms with van der Waals surface area (Å²) in [4.78, 5) is 16.2. The van der Waals surface area contributed by atoms with Gasteiger partial charge in [0.1, 0.15) is 0 Å². The van der Waals surface area contributed by atoms with Crippen molar-refractivity contribution >= 4 is 5.82 Å². The second-order valence-electron chi connectivity index (χ2n) is 5.40. The minimum absolute atomic E-state index is 0.129. The van der Waals surface area contributed by atoms with Gasteiger partial charge in [0.25, 0.3) is 5.56 Å². The molecule has 0 fully saturated rings. The average Bonchev–Trinajstić information content (AvgIpc) is 2.29. The summed E-state index contributed by atoms with van der Waals surface area (Å²) in [6.07, 6.45) is 4.31. The predicted octanol–water partition coefficient (Wildman–Crippen LogP) is 1.57. The summed E-state index contributed by atoms with van der Waals surface area (Å²) < 4.78 is 1.65. The molecule has 1 rings (SSSR count). The van der Waals surface area contributed by atoms with E-state index in [-0.39, 0.29) is 17.2 Å². The lowest BCUT2D eigenvalue weighted by Crippen LogP contribution is -2.35. The number of rotatable bonds is 5. The van der Waals surface area contributed by atoms with Crippen molar-refractivity contribution in [1.82, 2.24) is 9.55 Å². The van der Waals surface area contributed by atoms with E-state index in [4.69, 9.17) is 0 Å². The van der Waals surface area contributed by atoms with Crippen LogP contribution in [0.1, 0.15) is 40.5 Å². The monoisotopic (exact) mass is 253 g/mol. The van der Waals surface area contributed by atoms with Crippen LogP contribution in [0.5, 0.6) is 0 Å². The highest BCUT2D eigenvalue weighted by atomic mass is 16.3. The zero-order chi connectivity index (χ0) is 13.8.